The van der Waals surface area contributed by atoms with Gasteiger partial charge in [-0.15, -0.1) is 11.8 Å². The van der Waals surface area contributed by atoms with E-state index in [0.717, 1.165) is 21.5 Å². The molecule has 0 aliphatic carbocycles. The molecule has 4 rings (SSSR count). The number of rotatable bonds is 12. The molecule has 0 saturated heterocycles. The molecule has 0 bridgehead atoms. The Bertz CT molecular complexity index is 1430. The lowest BCUT2D eigenvalue weighted by Gasteiger charge is -2.08. The van der Waals surface area contributed by atoms with Gasteiger partial charge in [-0.3, -0.25) is 9.59 Å². The van der Waals surface area contributed by atoms with Gasteiger partial charge in [-0.05, 0) is 68.4 Å². The van der Waals surface area contributed by atoms with Gasteiger partial charge < -0.3 is 24.7 Å². The first-order valence-electron chi connectivity index (χ1n) is 12.8. The number of carbonyl (C=O) groups excluding carboxylic acids is 3. The molecule has 2 N–H and O–H groups in total. The highest BCUT2D eigenvalue weighted by atomic mass is 32.2. The van der Waals surface area contributed by atoms with Gasteiger partial charge in [-0.25, -0.2) is 4.79 Å². The number of para-hydroxylation sites is 1. The summed E-state index contributed by atoms with van der Waals surface area (Å²) in [6.07, 6.45) is 2.01. The number of ether oxygens (including phenoxy) is 2. The fourth-order valence-corrected chi connectivity index (χ4v) is 4.91. The number of hydrogen-bond donors (Lipinski definition) is 2. The molecule has 39 heavy (non-hydrogen) atoms. The molecule has 8 nitrogen and oxygen atoms in total. The van der Waals surface area contributed by atoms with E-state index in [4.69, 9.17) is 9.47 Å². The van der Waals surface area contributed by atoms with Crippen molar-refractivity contribution >= 4 is 46.1 Å². The van der Waals surface area contributed by atoms with E-state index >= 15 is 0 Å². The van der Waals surface area contributed by atoms with Gasteiger partial charge in [-0.1, -0.05) is 18.2 Å². The normalized spacial score (nSPS) is 10.7. The number of anilines is 1. The fraction of sp³-hybridized carbons (Fsp3) is 0.233. The van der Waals surface area contributed by atoms with E-state index in [1.165, 1.54) is 11.8 Å². The van der Waals surface area contributed by atoms with Gasteiger partial charge in [0.2, 0.25) is 5.91 Å². The average Bonchev–Trinajstić information content (AvgIpc) is 3.30. The Morgan fingerprint density at radius 2 is 1.59 bits per heavy atom. The standard InChI is InChI=1S/C30H31N3O5S/c1-3-37-24-15-11-21(12-16-24)29(35)31-17-18-33-19-27(25-7-5-6-8-26(25)33)39-20-28(34)32-23-13-9-22(10-14-23)30(36)38-4-2/h5-16,19H,3-4,17-18,20H2,1-2H3,(H,31,35)(H,32,34). The number of fused-ring (bicyclic) bond motifs is 1. The third kappa shape index (κ3) is 7.42. The highest BCUT2D eigenvalue weighted by Crippen LogP contribution is 2.30. The summed E-state index contributed by atoms with van der Waals surface area (Å²) < 4.78 is 12.5. The Hall–Kier alpha value is -4.24. The van der Waals surface area contributed by atoms with E-state index in [2.05, 4.69) is 15.2 Å². The van der Waals surface area contributed by atoms with Crippen LogP contribution in [-0.4, -0.2) is 47.9 Å². The Labute approximate surface area is 231 Å². The third-order valence-electron chi connectivity index (χ3n) is 5.86. The van der Waals surface area contributed by atoms with Crippen molar-refractivity contribution in [3.05, 3.63) is 90.1 Å². The van der Waals surface area contributed by atoms with Crippen LogP contribution in [0.5, 0.6) is 5.75 Å². The Morgan fingerprint density at radius 1 is 0.872 bits per heavy atom. The van der Waals surface area contributed by atoms with Gasteiger partial charge in [0.15, 0.2) is 0 Å². The van der Waals surface area contributed by atoms with Gasteiger partial charge >= 0.3 is 5.97 Å². The number of aromatic nitrogens is 1. The molecule has 0 saturated carbocycles. The molecular weight excluding hydrogens is 514 g/mol. The smallest absolute Gasteiger partial charge is 0.338 e. The molecule has 1 heterocycles. The number of esters is 1. The largest absolute Gasteiger partial charge is 0.494 e. The Morgan fingerprint density at radius 3 is 2.31 bits per heavy atom. The first-order chi connectivity index (χ1) is 19.0. The molecule has 2 amide bonds. The maximum Gasteiger partial charge on any atom is 0.338 e. The monoisotopic (exact) mass is 545 g/mol. The van der Waals surface area contributed by atoms with Crippen molar-refractivity contribution in [1.29, 1.82) is 0 Å². The summed E-state index contributed by atoms with van der Waals surface area (Å²) in [5, 5.41) is 6.88. The van der Waals surface area contributed by atoms with Crippen LogP contribution in [0.4, 0.5) is 5.69 Å². The summed E-state index contributed by atoms with van der Waals surface area (Å²) in [7, 11) is 0. The summed E-state index contributed by atoms with van der Waals surface area (Å²) in [5.74, 6) is 0.276. The van der Waals surface area contributed by atoms with E-state index in [1.807, 2.05) is 37.4 Å². The summed E-state index contributed by atoms with van der Waals surface area (Å²) in [6.45, 7) is 5.60. The predicted molar refractivity (Wildman–Crippen MR) is 154 cm³/mol. The van der Waals surface area contributed by atoms with E-state index in [-0.39, 0.29) is 17.6 Å². The quantitative estimate of drug-likeness (QED) is 0.183. The summed E-state index contributed by atoms with van der Waals surface area (Å²) in [5.41, 5.74) is 2.66. The summed E-state index contributed by atoms with van der Waals surface area (Å²) >= 11 is 1.45. The van der Waals surface area contributed by atoms with Crippen molar-refractivity contribution in [2.45, 2.75) is 25.3 Å². The van der Waals surface area contributed by atoms with Crippen LogP contribution in [0, 0.1) is 0 Å². The zero-order chi connectivity index (χ0) is 27.6. The van der Waals surface area contributed by atoms with Crippen LogP contribution in [-0.2, 0) is 16.1 Å². The molecule has 0 spiro atoms. The van der Waals surface area contributed by atoms with Crippen molar-refractivity contribution in [1.82, 2.24) is 9.88 Å². The molecule has 0 radical (unpaired) electrons. The number of benzene rings is 3. The van der Waals surface area contributed by atoms with Gasteiger partial charge in [0.25, 0.3) is 5.91 Å². The lowest BCUT2D eigenvalue weighted by molar-refractivity contribution is -0.113. The Balaban J connectivity index is 1.32. The predicted octanol–water partition coefficient (Wildman–Crippen LogP) is 5.38. The SMILES string of the molecule is CCOC(=O)c1ccc(NC(=O)CSc2cn(CCNC(=O)c3ccc(OCC)cc3)c3ccccc23)cc1. The van der Waals surface area contributed by atoms with Crippen LogP contribution in [0.25, 0.3) is 10.9 Å². The molecule has 0 aliphatic rings. The number of amides is 2. The van der Waals surface area contributed by atoms with Crippen molar-refractivity contribution in [2.24, 2.45) is 0 Å². The van der Waals surface area contributed by atoms with E-state index < -0.39 is 5.97 Å². The molecule has 202 valence electrons. The third-order valence-corrected chi connectivity index (χ3v) is 6.90. The second-order valence-corrected chi connectivity index (χ2v) is 9.57. The van der Waals surface area contributed by atoms with Crippen molar-refractivity contribution in [3.63, 3.8) is 0 Å². The number of hydrogen-bond acceptors (Lipinski definition) is 6. The summed E-state index contributed by atoms with van der Waals surface area (Å²) in [4.78, 5) is 37.9. The second-order valence-electron chi connectivity index (χ2n) is 8.55. The van der Waals surface area contributed by atoms with E-state index in [9.17, 15) is 14.4 Å². The lowest BCUT2D eigenvalue weighted by Crippen LogP contribution is -2.27. The molecule has 0 atom stereocenters. The van der Waals surface area contributed by atoms with Crippen LogP contribution in [0.3, 0.4) is 0 Å². The zero-order valence-corrected chi connectivity index (χ0v) is 22.8. The topological polar surface area (TPSA) is 98.7 Å². The molecule has 1 aromatic heterocycles. The van der Waals surface area contributed by atoms with Crippen molar-refractivity contribution < 1.29 is 23.9 Å². The van der Waals surface area contributed by atoms with Crippen molar-refractivity contribution in [3.8, 4) is 5.75 Å². The summed E-state index contributed by atoms with van der Waals surface area (Å²) in [6, 6.07) is 21.7. The Kier molecular flexibility index (Phi) is 9.64. The highest BCUT2D eigenvalue weighted by Gasteiger charge is 2.13. The highest BCUT2D eigenvalue weighted by molar-refractivity contribution is 8.00. The van der Waals surface area contributed by atoms with E-state index in [0.29, 0.717) is 43.1 Å². The molecule has 9 heteroatoms. The molecule has 0 aliphatic heterocycles. The van der Waals surface area contributed by atoms with E-state index in [1.54, 1.807) is 55.5 Å². The minimum absolute atomic E-state index is 0.143. The molecule has 0 fully saturated rings. The fourth-order valence-electron chi connectivity index (χ4n) is 4.02. The molecular formula is C30H31N3O5S. The minimum atomic E-state index is -0.391. The molecule has 0 unspecified atom stereocenters. The first kappa shape index (κ1) is 27.8. The second kappa shape index (κ2) is 13.5. The van der Waals surface area contributed by atoms with Crippen LogP contribution in [0.15, 0.2) is 83.9 Å². The van der Waals surface area contributed by atoms with Gasteiger partial charge in [0.05, 0.1) is 24.5 Å². The number of thioether (sulfide) groups is 1. The lowest BCUT2D eigenvalue weighted by atomic mass is 10.2. The van der Waals surface area contributed by atoms with Crippen molar-refractivity contribution in [2.75, 3.05) is 30.8 Å². The maximum absolute atomic E-state index is 12.6. The van der Waals surface area contributed by atoms with Crippen LogP contribution < -0.4 is 15.4 Å². The number of nitrogens with one attached hydrogen (secondary N) is 2. The zero-order valence-electron chi connectivity index (χ0n) is 21.9. The number of carbonyl (C=O) groups is 3. The van der Waals surface area contributed by atoms with Crippen LogP contribution in [0.1, 0.15) is 34.6 Å². The maximum atomic E-state index is 12.6. The first-order valence-corrected chi connectivity index (χ1v) is 13.8. The van der Waals surface area contributed by atoms with Gasteiger partial charge in [0, 0.05) is 46.3 Å². The van der Waals surface area contributed by atoms with Crippen LogP contribution >= 0.6 is 11.8 Å². The minimum Gasteiger partial charge on any atom is -0.494 e. The average molecular weight is 546 g/mol. The molecule has 4 aromatic rings. The van der Waals surface area contributed by atoms with Crippen LogP contribution in [0.2, 0.25) is 0 Å². The van der Waals surface area contributed by atoms with Gasteiger partial charge in [-0.2, -0.15) is 0 Å². The number of nitrogens with zero attached hydrogens (tertiary/aromatic N) is 1. The van der Waals surface area contributed by atoms with Gasteiger partial charge in [0.1, 0.15) is 5.75 Å². The molecule has 3 aromatic carbocycles.